The van der Waals surface area contributed by atoms with E-state index >= 15 is 0 Å². The van der Waals surface area contributed by atoms with Gasteiger partial charge in [-0.15, -0.1) is 0 Å². The molecule has 4 N–H and O–H groups in total. The lowest BCUT2D eigenvalue weighted by Crippen LogP contribution is -2.41. The quantitative estimate of drug-likeness (QED) is 0.684. The number of carboxylic acid groups (broad SMARTS) is 1. The Labute approximate surface area is 111 Å². The van der Waals surface area contributed by atoms with Crippen molar-refractivity contribution < 1.29 is 27.8 Å². The van der Waals surface area contributed by atoms with Crippen LogP contribution in [0.4, 0.5) is 19.1 Å². The fourth-order valence-corrected chi connectivity index (χ4v) is 1.13. The molecule has 2 heterocycles. The van der Waals surface area contributed by atoms with Crippen LogP contribution in [0.5, 0.6) is 6.01 Å². The van der Waals surface area contributed by atoms with Gasteiger partial charge in [0, 0.05) is 19.0 Å². The molecule has 0 bridgehead atoms. The van der Waals surface area contributed by atoms with Crippen LogP contribution in [0.15, 0.2) is 0 Å². The van der Waals surface area contributed by atoms with Crippen LogP contribution in [-0.4, -0.2) is 52.4 Å². The number of nitrogens with two attached hydrogens (primary N) is 1. The van der Waals surface area contributed by atoms with Gasteiger partial charge in [-0.2, -0.15) is 28.1 Å². The average molecular weight is 295 g/mol. The van der Waals surface area contributed by atoms with Crippen LogP contribution in [0.2, 0.25) is 0 Å². The van der Waals surface area contributed by atoms with Gasteiger partial charge < -0.3 is 20.9 Å². The van der Waals surface area contributed by atoms with E-state index in [-0.39, 0.29) is 12.0 Å². The molecule has 1 aromatic heterocycles. The number of aliphatic carboxylic acids is 1. The Hall–Kier alpha value is -2.17. The largest absolute Gasteiger partial charge is 0.490 e. The Morgan fingerprint density at radius 2 is 1.95 bits per heavy atom. The van der Waals surface area contributed by atoms with E-state index in [9.17, 15) is 13.2 Å². The number of halogens is 3. The number of carbonyl (C=O) groups is 1. The van der Waals surface area contributed by atoms with Gasteiger partial charge in [0.2, 0.25) is 5.95 Å². The van der Waals surface area contributed by atoms with E-state index < -0.39 is 12.1 Å². The average Bonchev–Trinajstić information content (AvgIpc) is 2.25. The number of nitrogens with zero attached hydrogens (tertiary/aromatic N) is 3. The molecule has 1 aromatic rings. The molecule has 1 aliphatic heterocycles. The molecule has 1 fully saturated rings. The normalized spacial score (nSPS) is 14.8. The number of anilines is 1. The molecule has 2 rings (SSSR count). The van der Waals surface area contributed by atoms with Gasteiger partial charge in [-0.1, -0.05) is 0 Å². The molecule has 8 nitrogen and oxygen atoms in total. The first-order valence-electron chi connectivity index (χ1n) is 5.30. The number of ether oxygens (including phenoxy) is 1. The van der Waals surface area contributed by atoms with Gasteiger partial charge in [0.1, 0.15) is 5.82 Å². The number of carboxylic acids is 1. The zero-order chi connectivity index (χ0) is 15.3. The van der Waals surface area contributed by atoms with Crippen molar-refractivity contribution in [3.8, 4) is 6.01 Å². The summed E-state index contributed by atoms with van der Waals surface area (Å²) in [6, 6.07) is 0.286. The molecule has 0 unspecified atom stereocenters. The molecular weight excluding hydrogens is 283 g/mol. The Kier molecular flexibility index (Phi) is 5.02. The van der Waals surface area contributed by atoms with E-state index in [4.69, 9.17) is 20.4 Å². The van der Waals surface area contributed by atoms with E-state index in [1.807, 2.05) is 0 Å². The summed E-state index contributed by atoms with van der Waals surface area (Å²) in [6.07, 6.45) is -5.08. The SMILES string of the molecule is COc1nc(N)nc(C2CNC2)n1.O=C(O)C(F)(F)F. The number of methoxy groups -OCH3 is 1. The lowest BCUT2D eigenvalue weighted by Gasteiger charge is -2.25. The Bertz CT molecular complexity index is 478. The highest BCUT2D eigenvalue weighted by Gasteiger charge is 2.38. The molecule has 0 aliphatic carbocycles. The summed E-state index contributed by atoms with van der Waals surface area (Å²) in [5.41, 5.74) is 5.49. The minimum Gasteiger partial charge on any atom is -0.475 e. The number of nitrogens with one attached hydrogen (secondary N) is 1. The number of nitrogen functional groups attached to an aromatic ring is 1. The van der Waals surface area contributed by atoms with Crippen molar-refractivity contribution in [1.29, 1.82) is 0 Å². The number of aromatic nitrogens is 3. The summed E-state index contributed by atoms with van der Waals surface area (Å²) in [6.45, 7) is 1.79. The fraction of sp³-hybridized carbons (Fsp3) is 0.556. The minimum absolute atomic E-state index is 0.216. The number of rotatable bonds is 2. The lowest BCUT2D eigenvalue weighted by atomic mass is 10.0. The van der Waals surface area contributed by atoms with Crippen molar-refractivity contribution >= 4 is 11.9 Å². The standard InChI is InChI=1S/C7H11N5O.C2HF3O2/c1-13-7-11-5(4-2-9-3-4)10-6(8)12-7;3-2(4,5)1(6)7/h4,9H,2-3H2,1H3,(H2,8,10,11,12);(H,6,7). The molecule has 0 amide bonds. The van der Waals surface area contributed by atoms with Crippen LogP contribution in [0.25, 0.3) is 0 Å². The highest BCUT2D eigenvalue weighted by atomic mass is 19.4. The van der Waals surface area contributed by atoms with Crippen molar-refractivity contribution in [3.63, 3.8) is 0 Å². The molecule has 20 heavy (non-hydrogen) atoms. The van der Waals surface area contributed by atoms with Gasteiger partial charge in [0.15, 0.2) is 0 Å². The van der Waals surface area contributed by atoms with E-state index in [1.54, 1.807) is 0 Å². The van der Waals surface area contributed by atoms with Gasteiger partial charge in [0.05, 0.1) is 7.11 Å². The van der Waals surface area contributed by atoms with E-state index in [1.165, 1.54) is 7.11 Å². The summed E-state index contributed by atoms with van der Waals surface area (Å²) in [7, 11) is 1.51. The summed E-state index contributed by atoms with van der Waals surface area (Å²) in [5.74, 6) is -1.48. The van der Waals surface area contributed by atoms with Gasteiger partial charge in [-0.3, -0.25) is 0 Å². The first-order valence-corrected chi connectivity index (χ1v) is 5.30. The molecular formula is C9H12F3N5O3. The maximum absolute atomic E-state index is 10.6. The molecule has 112 valence electrons. The third-order valence-electron chi connectivity index (χ3n) is 2.22. The van der Waals surface area contributed by atoms with Crippen LogP contribution >= 0.6 is 0 Å². The third-order valence-corrected chi connectivity index (χ3v) is 2.22. The number of hydrogen-bond acceptors (Lipinski definition) is 7. The van der Waals surface area contributed by atoms with Gasteiger partial charge >= 0.3 is 18.2 Å². The number of alkyl halides is 3. The van der Waals surface area contributed by atoms with Gasteiger partial charge in [-0.05, 0) is 0 Å². The Morgan fingerprint density at radius 1 is 1.40 bits per heavy atom. The van der Waals surface area contributed by atoms with Crippen LogP contribution in [0.3, 0.4) is 0 Å². The fourth-order valence-electron chi connectivity index (χ4n) is 1.13. The second kappa shape index (κ2) is 6.32. The topological polar surface area (TPSA) is 123 Å². The maximum Gasteiger partial charge on any atom is 0.490 e. The lowest BCUT2D eigenvalue weighted by molar-refractivity contribution is -0.192. The minimum atomic E-state index is -5.08. The summed E-state index contributed by atoms with van der Waals surface area (Å²) >= 11 is 0. The first-order chi connectivity index (χ1) is 9.24. The van der Waals surface area contributed by atoms with Crippen molar-refractivity contribution in [2.75, 3.05) is 25.9 Å². The molecule has 0 saturated carbocycles. The van der Waals surface area contributed by atoms with Crippen LogP contribution in [0.1, 0.15) is 11.7 Å². The zero-order valence-electron chi connectivity index (χ0n) is 10.3. The summed E-state index contributed by atoms with van der Waals surface area (Å²) < 4.78 is 36.6. The monoisotopic (exact) mass is 295 g/mol. The summed E-state index contributed by atoms with van der Waals surface area (Å²) in [4.78, 5) is 20.9. The highest BCUT2D eigenvalue weighted by molar-refractivity contribution is 5.73. The Balaban J connectivity index is 0.000000246. The molecule has 11 heteroatoms. The highest BCUT2D eigenvalue weighted by Crippen LogP contribution is 2.17. The predicted molar refractivity (Wildman–Crippen MR) is 60.1 cm³/mol. The summed E-state index contributed by atoms with van der Waals surface area (Å²) in [5, 5.41) is 10.3. The van der Waals surface area contributed by atoms with Gasteiger partial charge in [-0.25, -0.2) is 4.79 Å². The van der Waals surface area contributed by atoms with Crippen LogP contribution in [-0.2, 0) is 4.79 Å². The van der Waals surface area contributed by atoms with Crippen molar-refractivity contribution in [2.45, 2.75) is 12.1 Å². The number of hydrogen-bond donors (Lipinski definition) is 3. The van der Waals surface area contributed by atoms with Crippen molar-refractivity contribution in [3.05, 3.63) is 5.82 Å². The maximum atomic E-state index is 10.6. The molecule has 0 atom stereocenters. The van der Waals surface area contributed by atoms with Crippen LogP contribution in [0, 0.1) is 0 Å². The van der Waals surface area contributed by atoms with Gasteiger partial charge in [0.25, 0.3) is 0 Å². The van der Waals surface area contributed by atoms with Crippen LogP contribution < -0.4 is 15.8 Å². The zero-order valence-corrected chi connectivity index (χ0v) is 10.3. The third kappa shape index (κ3) is 4.50. The Morgan fingerprint density at radius 3 is 2.30 bits per heavy atom. The first kappa shape index (κ1) is 15.9. The second-order valence-electron chi connectivity index (χ2n) is 3.70. The second-order valence-corrected chi connectivity index (χ2v) is 3.70. The molecule has 1 aliphatic rings. The molecule has 1 saturated heterocycles. The van der Waals surface area contributed by atoms with E-state index in [0.717, 1.165) is 13.1 Å². The van der Waals surface area contributed by atoms with E-state index in [0.29, 0.717) is 11.7 Å². The molecule has 0 radical (unpaired) electrons. The molecule has 0 aromatic carbocycles. The smallest absolute Gasteiger partial charge is 0.475 e. The van der Waals surface area contributed by atoms with Crippen molar-refractivity contribution in [2.24, 2.45) is 0 Å². The van der Waals surface area contributed by atoms with Crippen molar-refractivity contribution in [1.82, 2.24) is 20.3 Å². The molecule has 0 spiro atoms. The predicted octanol–water partition coefficient (Wildman–Crippen LogP) is -0.218. The van der Waals surface area contributed by atoms with E-state index in [2.05, 4.69) is 20.3 Å².